The fourth-order valence-electron chi connectivity index (χ4n) is 0.370. The van der Waals surface area contributed by atoms with Crippen molar-refractivity contribution in [2.24, 2.45) is 5.16 Å². The van der Waals surface area contributed by atoms with Crippen LogP contribution in [0.5, 0.6) is 0 Å². The zero-order valence-corrected chi connectivity index (χ0v) is 5.70. The minimum atomic E-state index is -0.667. The predicted molar refractivity (Wildman–Crippen MR) is 36.1 cm³/mol. The first-order valence-electron chi connectivity index (χ1n) is 2.77. The molecule has 56 valence electrons. The highest BCUT2D eigenvalue weighted by Gasteiger charge is 2.07. The first-order chi connectivity index (χ1) is 4.76. The van der Waals surface area contributed by atoms with Gasteiger partial charge < -0.3 is 9.94 Å². The van der Waals surface area contributed by atoms with E-state index in [4.69, 9.17) is 5.21 Å². The monoisotopic (exact) mass is 143 g/mol. The molecule has 4 heteroatoms. The maximum atomic E-state index is 10.6. The maximum Gasteiger partial charge on any atom is 0.360 e. The maximum absolute atomic E-state index is 10.6. The molecule has 0 bridgehead atoms. The Labute approximate surface area is 58.8 Å². The molecule has 0 spiro atoms. The Morgan fingerprint density at radius 3 is 2.80 bits per heavy atom. The van der Waals surface area contributed by atoms with Gasteiger partial charge in [0.25, 0.3) is 0 Å². The number of hydrogen-bond donors (Lipinski definition) is 1. The highest BCUT2D eigenvalue weighted by Crippen LogP contribution is 1.84. The Hall–Kier alpha value is -1.32. The van der Waals surface area contributed by atoms with Crippen molar-refractivity contribution in [2.75, 3.05) is 6.61 Å². The van der Waals surface area contributed by atoms with Crippen molar-refractivity contribution in [2.45, 2.75) is 6.92 Å². The van der Waals surface area contributed by atoms with Crippen LogP contribution >= 0.6 is 0 Å². The van der Waals surface area contributed by atoms with Gasteiger partial charge in [0, 0.05) is 0 Å². The summed E-state index contributed by atoms with van der Waals surface area (Å²) in [5.74, 6) is -0.667. The van der Waals surface area contributed by atoms with Crippen LogP contribution in [0.4, 0.5) is 0 Å². The van der Waals surface area contributed by atoms with E-state index in [9.17, 15) is 4.79 Å². The van der Waals surface area contributed by atoms with E-state index in [0.717, 1.165) is 6.08 Å². The summed E-state index contributed by atoms with van der Waals surface area (Å²) in [6, 6.07) is 0. The van der Waals surface area contributed by atoms with Gasteiger partial charge in [-0.25, -0.2) is 4.79 Å². The molecule has 0 aliphatic rings. The smallest absolute Gasteiger partial charge is 0.360 e. The third-order valence-corrected chi connectivity index (χ3v) is 0.786. The molecule has 0 saturated heterocycles. The van der Waals surface area contributed by atoms with Gasteiger partial charge in [0.2, 0.25) is 0 Å². The quantitative estimate of drug-likeness (QED) is 0.272. The predicted octanol–water partition coefficient (Wildman–Crippen LogP) is 0.566. The lowest BCUT2D eigenvalue weighted by atomic mass is 10.4. The largest absolute Gasteiger partial charge is 0.461 e. The molecule has 10 heavy (non-hydrogen) atoms. The third-order valence-electron chi connectivity index (χ3n) is 0.786. The molecule has 0 aliphatic carbocycles. The molecular weight excluding hydrogens is 134 g/mol. The lowest BCUT2D eigenvalue weighted by Gasteiger charge is -1.97. The van der Waals surface area contributed by atoms with Crippen LogP contribution in [0.1, 0.15) is 6.92 Å². The molecular formula is C6H9NO3. The number of oxime groups is 1. The summed E-state index contributed by atoms with van der Waals surface area (Å²) in [7, 11) is 0. The molecule has 0 aliphatic heterocycles. The minimum absolute atomic E-state index is 0.179. The van der Waals surface area contributed by atoms with Gasteiger partial charge in [-0.2, -0.15) is 0 Å². The van der Waals surface area contributed by atoms with Gasteiger partial charge >= 0.3 is 5.97 Å². The molecule has 0 aromatic rings. The van der Waals surface area contributed by atoms with Crippen molar-refractivity contribution in [1.82, 2.24) is 0 Å². The average molecular weight is 143 g/mol. The van der Waals surface area contributed by atoms with Crippen LogP contribution in [0.3, 0.4) is 0 Å². The van der Waals surface area contributed by atoms with Crippen molar-refractivity contribution in [3.63, 3.8) is 0 Å². The topological polar surface area (TPSA) is 58.9 Å². The standard InChI is InChI=1S/C6H9NO3/c1-3-5(7-9)6(8)10-4-2/h3,9H,1,4H2,2H3/b7-5+. The molecule has 0 fully saturated rings. The van der Waals surface area contributed by atoms with Crippen LogP contribution in [-0.2, 0) is 9.53 Å². The van der Waals surface area contributed by atoms with E-state index in [1.54, 1.807) is 6.92 Å². The van der Waals surface area contributed by atoms with Crippen LogP contribution in [0.2, 0.25) is 0 Å². The van der Waals surface area contributed by atoms with E-state index < -0.39 is 5.97 Å². The van der Waals surface area contributed by atoms with E-state index in [1.165, 1.54) is 0 Å². The summed E-state index contributed by atoms with van der Waals surface area (Å²) < 4.78 is 4.48. The molecule has 0 saturated carbocycles. The van der Waals surface area contributed by atoms with E-state index >= 15 is 0 Å². The fourth-order valence-corrected chi connectivity index (χ4v) is 0.370. The summed E-state index contributed by atoms with van der Waals surface area (Å²) in [5.41, 5.74) is -0.179. The second kappa shape index (κ2) is 4.55. The Morgan fingerprint density at radius 1 is 1.90 bits per heavy atom. The van der Waals surface area contributed by atoms with Crippen molar-refractivity contribution in [3.8, 4) is 0 Å². The van der Waals surface area contributed by atoms with Crippen molar-refractivity contribution >= 4 is 11.7 Å². The highest BCUT2D eigenvalue weighted by atomic mass is 16.5. The first kappa shape index (κ1) is 8.68. The number of ether oxygens (including phenoxy) is 1. The van der Waals surface area contributed by atoms with Crippen LogP contribution < -0.4 is 0 Å². The molecule has 0 rings (SSSR count). The summed E-state index contributed by atoms with van der Waals surface area (Å²) >= 11 is 0. The molecule has 0 unspecified atom stereocenters. The van der Waals surface area contributed by atoms with Crippen molar-refractivity contribution in [1.29, 1.82) is 0 Å². The Kier molecular flexibility index (Phi) is 3.95. The number of carbonyl (C=O) groups is 1. The highest BCUT2D eigenvalue weighted by molar-refractivity contribution is 6.40. The molecule has 0 radical (unpaired) electrons. The van der Waals surface area contributed by atoms with Crippen LogP contribution in [0.25, 0.3) is 0 Å². The van der Waals surface area contributed by atoms with Crippen LogP contribution in [0, 0.1) is 0 Å². The summed E-state index contributed by atoms with van der Waals surface area (Å²) in [5, 5.41) is 10.8. The SMILES string of the molecule is C=C/C(=N\O)C(=O)OCC. The minimum Gasteiger partial charge on any atom is -0.461 e. The van der Waals surface area contributed by atoms with Gasteiger partial charge in [0.05, 0.1) is 6.61 Å². The normalized spacial score (nSPS) is 10.7. The Bertz CT molecular complexity index is 162. The molecule has 0 atom stereocenters. The molecule has 0 amide bonds. The summed E-state index contributed by atoms with van der Waals surface area (Å²) in [4.78, 5) is 10.6. The third kappa shape index (κ3) is 2.30. The van der Waals surface area contributed by atoms with Gasteiger partial charge in [-0.1, -0.05) is 11.7 Å². The summed E-state index contributed by atoms with van der Waals surface area (Å²) in [6.45, 7) is 5.16. The number of rotatable bonds is 3. The average Bonchev–Trinajstić information content (AvgIpc) is 1.91. The lowest BCUT2D eigenvalue weighted by molar-refractivity contribution is -0.135. The van der Waals surface area contributed by atoms with E-state index in [1.807, 2.05) is 0 Å². The van der Waals surface area contributed by atoms with E-state index in [-0.39, 0.29) is 12.3 Å². The molecule has 4 nitrogen and oxygen atoms in total. The molecule has 0 aromatic heterocycles. The molecule has 0 heterocycles. The van der Waals surface area contributed by atoms with Gasteiger partial charge in [0.15, 0.2) is 5.71 Å². The van der Waals surface area contributed by atoms with E-state index in [2.05, 4.69) is 16.5 Å². The van der Waals surface area contributed by atoms with Crippen LogP contribution in [0.15, 0.2) is 17.8 Å². The number of carbonyl (C=O) groups excluding carboxylic acids is 1. The fraction of sp³-hybridized carbons (Fsp3) is 0.333. The second-order valence-corrected chi connectivity index (χ2v) is 1.41. The number of hydrogen-bond acceptors (Lipinski definition) is 4. The lowest BCUT2D eigenvalue weighted by Crippen LogP contribution is -2.14. The van der Waals surface area contributed by atoms with Crippen LogP contribution in [-0.4, -0.2) is 23.5 Å². The van der Waals surface area contributed by atoms with Gasteiger partial charge in [-0.3, -0.25) is 0 Å². The second-order valence-electron chi connectivity index (χ2n) is 1.41. The Morgan fingerprint density at radius 2 is 2.50 bits per heavy atom. The van der Waals surface area contributed by atoms with Gasteiger partial charge in [-0.15, -0.1) is 0 Å². The summed E-state index contributed by atoms with van der Waals surface area (Å²) in [6.07, 6.45) is 1.12. The zero-order chi connectivity index (χ0) is 7.98. The van der Waals surface area contributed by atoms with Gasteiger partial charge in [-0.05, 0) is 13.0 Å². The van der Waals surface area contributed by atoms with E-state index in [0.29, 0.717) is 0 Å². The molecule has 0 aromatic carbocycles. The number of nitrogens with zero attached hydrogens (tertiary/aromatic N) is 1. The Balaban J connectivity index is 4.04. The zero-order valence-electron chi connectivity index (χ0n) is 5.70. The van der Waals surface area contributed by atoms with Crippen molar-refractivity contribution in [3.05, 3.63) is 12.7 Å². The van der Waals surface area contributed by atoms with Gasteiger partial charge in [0.1, 0.15) is 0 Å². The van der Waals surface area contributed by atoms with Crippen molar-refractivity contribution < 1.29 is 14.7 Å². The number of esters is 1. The molecule has 1 N–H and O–H groups in total. The first-order valence-corrected chi connectivity index (χ1v) is 2.77.